The van der Waals surface area contributed by atoms with Crippen LogP contribution < -0.4 is 25.0 Å². The van der Waals surface area contributed by atoms with Crippen molar-refractivity contribution in [3.05, 3.63) is 53.6 Å². The van der Waals surface area contributed by atoms with Crippen LogP contribution in [0.4, 0.5) is 0 Å². The van der Waals surface area contributed by atoms with Crippen LogP contribution in [0.5, 0.6) is 17.2 Å². The molecule has 33 heavy (non-hydrogen) atoms. The van der Waals surface area contributed by atoms with Gasteiger partial charge in [0.05, 0.1) is 19.9 Å². The SMILES string of the molecule is CCOc1c(/C=N\NC(=O)[C@@H](CC(C)C)NC(=O)COc2ccccc2C)cccc1OC. The lowest BCUT2D eigenvalue weighted by Crippen LogP contribution is -2.47. The van der Waals surface area contributed by atoms with E-state index in [1.165, 1.54) is 6.21 Å². The molecule has 0 aromatic heterocycles. The molecule has 0 heterocycles. The largest absolute Gasteiger partial charge is 0.493 e. The zero-order chi connectivity index (χ0) is 24.2. The first-order valence-corrected chi connectivity index (χ1v) is 11.0. The molecular weight excluding hydrogens is 422 g/mol. The molecule has 0 aliphatic rings. The molecule has 0 unspecified atom stereocenters. The maximum absolute atomic E-state index is 12.7. The summed E-state index contributed by atoms with van der Waals surface area (Å²) in [6, 6.07) is 12.1. The summed E-state index contributed by atoms with van der Waals surface area (Å²) < 4.78 is 16.5. The van der Waals surface area contributed by atoms with Gasteiger partial charge in [0.25, 0.3) is 11.8 Å². The summed E-state index contributed by atoms with van der Waals surface area (Å²) in [5.41, 5.74) is 4.10. The summed E-state index contributed by atoms with van der Waals surface area (Å²) >= 11 is 0. The first-order chi connectivity index (χ1) is 15.8. The summed E-state index contributed by atoms with van der Waals surface area (Å²) in [6.07, 6.45) is 1.95. The Morgan fingerprint density at radius 3 is 2.45 bits per heavy atom. The Bertz CT molecular complexity index is 959. The molecule has 2 N–H and O–H groups in total. The highest BCUT2D eigenvalue weighted by Gasteiger charge is 2.22. The molecule has 2 aromatic carbocycles. The van der Waals surface area contributed by atoms with Gasteiger partial charge >= 0.3 is 0 Å². The maximum Gasteiger partial charge on any atom is 0.262 e. The second-order valence-electron chi connectivity index (χ2n) is 7.85. The first kappa shape index (κ1) is 25.7. The second-order valence-corrected chi connectivity index (χ2v) is 7.85. The summed E-state index contributed by atoms with van der Waals surface area (Å²) in [7, 11) is 1.56. The number of para-hydroxylation sites is 2. The molecule has 0 saturated heterocycles. The number of nitrogens with one attached hydrogen (secondary N) is 2. The smallest absolute Gasteiger partial charge is 0.262 e. The Balaban J connectivity index is 2.01. The van der Waals surface area contributed by atoms with Crippen LogP contribution in [0, 0.1) is 12.8 Å². The number of aryl methyl sites for hydroxylation is 1. The molecule has 2 rings (SSSR count). The van der Waals surface area contributed by atoms with Crippen molar-refractivity contribution >= 4 is 18.0 Å². The normalized spacial score (nSPS) is 11.8. The predicted octanol–water partition coefficient (Wildman–Crippen LogP) is 3.46. The van der Waals surface area contributed by atoms with Gasteiger partial charge in [-0.25, -0.2) is 5.43 Å². The number of methoxy groups -OCH3 is 1. The van der Waals surface area contributed by atoms with E-state index < -0.39 is 11.9 Å². The number of rotatable bonds is 12. The third-order valence-corrected chi connectivity index (χ3v) is 4.71. The third kappa shape index (κ3) is 8.14. The van der Waals surface area contributed by atoms with Crippen LogP contribution in [-0.4, -0.2) is 44.4 Å². The molecule has 2 aromatic rings. The molecule has 0 aliphatic carbocycles. The molecule has 0 radical (unpaired) electrons. The number of carbonyl (C=O) groups is 2. The molecular formula is C25H33N3O5. The summed E-state index contributed by atoms with van der Waals surface area (Å²) in [5.74, 6) is 1.14. The van der Waals surface area contributed by atoms with E-state index in [2.05, 4.69) is 15.8 Å². The van der Waals surface area contributed by atoms with Gasteiger partial charge in [0.15, 0.2) is 18.1 Å². The molecule has 0 fully saturated rings. The fraction of sp³-hybridized carbons (Fsp3) is 0.400. The Kier molecular flexibility index (Phi) is 10.2. The number of nitrogens with zero attached hydrogens (tertiary/aromatic N) is 1. The fourth-order valence-corrected chi connectivity index (χ4v) is 3.14. The van der Waals surface area contributed by atoms with Gasteiger partial charge in [0.2, 0.25) is 0 Å². The first-order valence-electron chi connectivity index (χ1n) is 11.0. The number of benzene rings is 2. The summed E-state index contributed by atoms with van der Waals surface area (Å²) in [4.78, 5) is 25.2. The quantitative estimate of drug-likeness (QED) is 0.377. The van der Waals surface area contributed by atoms with E-state index in [0.29, 0.717) is 35.8 Å². The molecule has 8 heteroatoms. The van der Waals surface area contributed by atoms with Crippen molar-refractivity contribution in [1.29, 1.82) is 0 Å². The van der Waals surface area contributed by atoms with Crippen molar-refractivity contribution < 1.29 is 23.8 Å². The zero-order valence-corrected chi connectivity index (χ0v) is 19.9. The monoisotopic (exact) mass is 455 g/mol. The van der Waals surface area contributed by atoms with E-state index in [1.54, 1.807) is 31.4 Å². The minimum Gasteiger partial charge on any atom is -0.493 e. The minimum absolute atomic E-state index is 0.183. The van der Waals surface area contributed by atoms with Crippen LogP contribution >= 0.6 is 0 Å². The number of carbonyl (C=O) groups excluding carboxylic acids is 2. The number of hydrazone groups is 1. The van der Waals surface area contributed by atoms with E-state index in [9.17, 15) is 9.59 Å². The summed E-state index contributed by atoms with van der Waals surface area (Å²) in [6.45, 7) is 8.00. The number of amides is 2. The van der Waals surface area contributed by atoms with E-state index in [4.69, 9.17) is 14.2 Å². The molecule has 0 aliphatic heterocycles. The topological polar surface area (TPSA) is 98.2 Å². The maximum atomic E-state index is 12.7. The van der Waals surface area contributed by atoms with Crippen molar-refractivity contribution in [2.45, 2.75) is 40.2 Å². The Morgan fingerprint density at radius 2 is 1.79 bits per heavy atom. The molecule has 178 valence electrons. The average molecular weight is 456 g/mol. The third-order valence-electron chi connectivity index (χ3n) is 4.71. The Morgan fingerprint density at radius 1 is 1.06 bits per heavy atom. The molecule has 2 amide bonds. The zero-order valence-electron chi connectivity index (χ0n) is 19.9. The highest BCUT2D eigenvalue weighted by Crippen LogP contribution is 2.29. The lowest BCUT2D eigenvalue weighted by atomic mass is 10.0. The van der Waals surface area contributed by atoms with Gasteiger partial charge in [0.1, 0.15) is 11.8 Å². The lowest BCUT2D eigenvalue weighted by molar-refractivity contribution is -0.130. The highest BCUT2D eigenvalue weighted by atomic mass is 16.5. The van der Waals surface area contributed by atoms with E-state index >= 15 is 0 Å². The van der Waals surface area contributed by atoms with Crippen molar-refractivity contribution in [3.8, 4) is 17.2 Å². The average Bonchev–Trinajstić information content (AvgIpc) is 2.78. The molecule has 0 spiro atoms. The summed E-state index contributed by atoms with van der Waals surface area (Å²) in [5, 5.41) is 6.80. The molecule has 0 bridgehead atoms. The van der Waals surface area contributed by atoms with Crippen LogP contribution in [0.1, 0.15) is 38.3 Å². The van der Waals surface area contributed by atoms with Gasteiger partial charge < -0.3 is 19.5 Å². The van der Waals surface area contributed by atoms with Crippen molar-refractivity contribution in [3.63, 3.8) is 0 Å². The van der Waals surface area contributed by atoms with Crippen LogP contribution in [0.25, 0.3) is 0 Å². The highest BCUT2D eigenvalue weighted by molar-refractivity contribution is 5.90. The van der Waals surface area contributed by atoms with Gasteiger partial charge in [-0.2, -0.15) is 5.10 Å². The van der Waals surface area contributed by atoms with E-state index in [-0.39, 0.29) is 18.4 Å². The van der Waals surface area contributed by atoms with Crippen LogP contribution in [0.3, 0.4) is 0 Å². The Hall–Kier alpha value is -3.55. The molecule has 1 atom stereocenters. The minimum atomic E-state index is -0.744. The van der Waals surface area contributed by atoms with Crippen molar-refractivity contribution in [1.82, 2.24) is 10.7 Å². The van der Waals surface area contributed by atoms with Gasteiger partial charge in [-0.1, -0.05) is 38.1 Å². The second kappa shape index (κ2) is 13.1. The number of ether oxygens (including phenoxy) is 3. The number of hydrogen-bond donors (Lipinski definition) is 2. The van der Waals surface area contributed by atoms with E-state index in [1.807, 2.05) is 45.9 Å². The van der Waals surface area contributed by atoms with Crippen LogP contribution in [-0.2, 0) is 9.59 Å². The molecule has 8 nitrogen and oxygen atoms in total. The molecule has 0 saturated carbocycles. The van der Waals surface area contributed by atoms with Crippen LogP contribution in [0.15, 0.2) is 47.6 Å². The Labute approximate surface area is 195 Å². The van der Waals surface area contributed by atoms with Crippen LogP contribution in [0.2, 0.25) is 0 Å². The van der Waals surface area contributed by atoms with Crippen molar-refractivity contribution in [2.75, 3.05) is 20.3 Å². The van der Waals surface area contributed by atoms with E-state index in [0.717, 1.165) is 5.56 Å². The lowest BCUT2D eigenvalue weighted by Gasteiger charge is -2.19. The fourth-order valence-electron chi connectivity index (χ4n) is 3.14. The van der Waals surface area contributed by atoms with Gasteiger partial charge in [-0.05, 0) is 49.9 Å². The van der Waals surface area contributed by atoms with Gasteiger partial charge in [-0.15, -0.1) is 0 Å². The predicted molar refractivity (Wildman–Crippen MR) is 128 cm³/mol. The van der Waals surface area contributed by atoms with Gasteiger partial charge in [0, 0.05) is 5.56 Å². The number of hydrogen-bond acceptors (Lipinski definition) is 6. The standard InChI is InChI=1S/C25H33N3O5/c1-6-32-24-19(11-9-13-22(24)31-5)15-26-28-25(30)20(14-17(2)3)27-23(29)16-33-21-12-8-7-10-18(21)4/h7-13,15,17,20H,6,14,16H2,1-5H3,(H,27,29)(H,28,30)/b26-15-/t20-/m1/s1. The van der Waals surface area contributed by atoms with Gasteiger partial charge in [-0.3, -0.25) is 9.59 Å². The van der Waals surface area contributed by atoms with Crippen molar-refractivity contribution in [2.24, 2.45) is 11.0 Å².